The summed E-state index contributed by atoms with van der Waals surface area (Å²) in [5.41, 5.74) is 12.3. The molecule has 0 fully saturated rings. The van der Waals surface area contributed by atoms with Crippen LogP contribution in [0.2, 0.25) is 0 Å². The summed E-state index contributed by atoms with van der Waals surface area (Å²) in [7, 11) is 0. The molecule has 11 rings (SSSR count). The lowest BCUT2D eigenvalue weighted by molar-refractivity contribution is 1.02. The number of hydrogen-bond acceptors (Lipinski definition) is 8. The van der Waals surface area contributed by atoms with Gasteiger partial charge in [0.15, 0.2) is 34.9 Å². The first-order valence-corrected chi connectivity index (χ1v) is 21.8. The third kappa shape index (κ3) is 8.34. The minimum atomic E-state index is 0.590. The smallest absolute Gasteiger partial charge is 0.164 e. The molecule has 0 aliphatic heterocycles. The van der Waals surface area contributed by atoms with Gasteiger partial charge in [-0.25, -0.2) is 39.9 Å². The van der Waals surface area contributed by atoms with Crippen LogP contribution in [0.5, 0.6) is 0 Å². The van der Waals surface area contributed by atoms with Crippen LogP contribution in [0.25, 0.3) is 113 Å². The molecule has 0 aliphatic carbocycles. The molecular weight excluding hydrogens is 809 g/mol. The first-order valence-electron chi connectivity index (χ1n) is 21.8. The summed E-state index contributed by atoms with van der Waals surface area (Å²) in [6.45, 7) is 3.94. The van der Waals surface area contributed by atoms with E-state index < -0.39 is 0 Å². The van der Waals surface area contributed by atoms with Crippen LogP contribution in [0.15, 0.2) is 206 Å². The van der Waals surface area contributed by atoms with Crippen LogP contribution in [0.4, 0.5) is 0 Å². The predicted molar refractivity (Wildman–Crippen MR) is 265 cm³/mol. The lowest BCUT2D eigenvalue weighted by atomic mass is 9.93. The molecule has 66 heavy (non-hydrogen) atoms. The van der Waals surface area contributed by atoms with Crippen molar-refractivity contribution in [3.63, 3.8) is 0 Å². The Kier molecular flexibility index (Phi) is 10.5. The maximum Gasteiger partial charge on any atom is 0.164 e. The lowest BCUT2D eigenvalue weighted by Crippen LogP contribution is -2.00. The fourth-order valence-corrected chi connectivity index (χ4v) is 8.24. The van der Waals surface area contributed by atoms with Crippen LogP contribution in [-0.2, 0) is 0 Å². The molecule has 0 saturated carbocycles. The summed E-state index contributed by atoms with van der Waals surface area (Å²) in [5.74, 6) is 4.38. The molecule has 3 aromatic heterocycles. The Morgan fingerprint density at radius 2 is 0.606 bits per heavy atom. The van der Waals surface area contributed by atoms with Gasteiger partial charge in [0.1, 0.15) is 5.82 Å². The fourth-order valence-electron chi connectivity index (χ4n) is 8.24. The molecule has 312 valence electrons. The van der Waals surface area contributed by atoms with E-state index in [0.29, 0.717) is 34.9 Å². The average molecular weight is 849 g/mol. The number of fused-ring (bicyclic) bond motifs is 1. The van der Waals surface area contributed by atoms with Gasteiger partial charge in [0, 0.05) is 44.6 Å². The van der Waals surface area contributed by atoms with E-state index in [4.69, 9.17) is 34.9 Å². The summed E-state index contributed by atoms with van der Waals surface area (Å²) < 4.78 is 0. The fraction of sp³-hybridized carbons (Fsp3) is 0.0345. The highest BCUT2D eigenvalue weighted by molar-refractivity contribution is 5.87. The number of rotatable bonds is 9. The Hall–Kier alpha value is -8.88. The van der Waals surface area contributed by atoms with Crippen molar-refractivity contribution >= 4 is 10.8 Å². The van der Waals surface area contributed by atoms with Gasteiger partial charge in [-0.15, -0.1) is 0 Å². The van der Waals surface area contributed by atoms with Crippen molar-refractivity contribution in [2.24, 2.45) is 0 Å². The Morgan fingerprint density at radius 3 is 1.15 bits per heavy atom. The van der Waals surface area contributed by atoms with E-state index in [9.17, 15) is 0 Å². The number of aromatic nitrogens is 8. The van der Waals surface area contributed by atoms with Gasteiger partial charge >= 0.3 is 0 Å². The Bertz CT molecular complexity index is 3460. The first kappa shape index (κ1) is 39.9. The van der Waals surface area contributed by atoms with E-state index >= 15 is 0 Å². The molecule has 3 heterocycles. The van der Waals surface area contributed by atoms with Gasteiger partial charge in [0.05, 0.1) is 5.69 Å². The molecule has 8 nitrogen and oxygen atoms in total. The van der Waals surface area contributed by atoms with Crippen molar-refractivity contribution in [3.05, 3.63) is 218 Å². The molecule has 8 heteroatoms. The Morgan fingerprint density at radius 1 is 0.227 bits per heavy atom. The molecule has 0 amide bonds. The van der Waals surface area contributed by atoms with Gasteiger partial charge in [-0.1, -0.05) is 170 Å². The van der Waals surface area contributed by atoms with E-state index in [1.807, 2.05) is 111 Å². The average Bonchev–Trinajstić information content (AvgIpc) is 3.38. The van der Waals surface area contributed by atoms with Crippen molar-refractivity contribution in [1.29, 1.82) is 0 Å². The van der Waals surface area contributed by atoms with E-state index in [1.165, 1.54) is 0 Å². The minimum Gasteiger partial charge on any atom is -0.239 e. The first-order chi connectivity index (χ1) is 32.5. The Balaban J connectivity index is 1.01. The standard InChI is InChI=1S/C58H40N8/c1-37-31-52(60-38(2)59-37)51-35-49(40-25-28-44(29-26-40)56-62-53(41-16-6-3-7-17-41)61-54(63-56)42-18-8-4-9-19-42)34-50(36-51)46-23-14-24-47(33-46)57-64-55(43-20-10-5-11-21-43)65-58(66-57)48-30-27-39-15-12-13-22-45(39)32-48/h3-36H,1-2H3. The third-order valence-corrected chi connectivity index (χ3v) is 11.5. The van der Waals surface area contributed by atoms with Crippen LogP contribution in [0, 0.1) is 13.8 Å². The van der Waals surface area contributed by atoms with Gasteiger partial charge in [-0.2, -0.15) is 0 Å². The van der Waals surface area contributed by atoms with Gasteiger partial charge in [-0.05, 0) is 83.3 Å². The molecule has 0 bridgehead atoms. The third-order valence-electron chi connectivity index (χ3n) is 11.5. The van der Waals surface area contributed by atoms with E-state index in [-0.39, 0.29) is 0 Å². The van der Waals surface area contributed by atoms with Crippen molar-refractivity contribution in [2.75, 3.05) is 0 Å². The maximum absolute atomic E-state index is 5.12. The summed E-state index contributed by atoms with van der Waals surface area (Å²) in [6.07, 6.45) is 0. The maximum atomic E-state index is 5.12. The molecule has 0 unspecified atom stereocenters. The monoisotopic (exact) mass is 848 g/mol. The van der Waals surface area contributed by atoms with E-state index in [1.54, 1.807) is 0 Å². The molecular formula is C58H40N8. The zero-order valence-electron chi connectivity index (χ0n) is 36.2. The molecule has 0 saturated heterocycles. The zero-order chi connectivity index (χ0) is 44.4. The molecule has 0 spiro atoms. The molecule has 0 aliphatic rings. The Labute approximate surface area is 382 Å². The van der Waals surface area contributed by atoms with Gasteiger partial charge in [0.25, 0.3) is 0 Å². The van der Waals surface area contributed by atoms with Crippen molar-refractivity contribution < 1.29 is 0 Å². The predicted octanol–water partition coefficient (Wildman–Crippen LogP) is 13.6. The minimum absolute atomic E-state index is 0.590. The lowest BCUT2D eigenvalue weighted by Gasteiger charge is -2.13. The topological polar surface area (TPSA) is 103 Å². The molecule has 8 aromatic carbocycles. The second kappa shape index (κ2) is 17.4. The van der Waals surface area contributed by atoms with Crippen molar-refractivity contribution in [1.82, 2.24) is 39.9 Å². The van der Waals surface area contributed by atoms with Crippen LogP contribution in [0.1, 0.15) is 11.5 Å². The molecule has 0 atom stereocenters. The van der Waals surface area contributed by atoms with Crippen molar-refractivity contribution in [2.45, 2.75) is 13.8 Å². The number of aryl methyl sites for hydroxylation is 2. The summed E-state index contributed by atoms with van der Waals surface area (Å²) in [6, 6.07) is 70.3. The second-order valence-corrected chi connectivity index (χ2v) is 16.2. The highest BCUT2D eigenvalue weighted by Gasteiger charge is 2.17. The normalized spacial score (nSPS) is 11.2. The largest absolute Gasteiger partial charge is 0.239 e. The second-order valence-electron chi connectivity index (χ2n) is 16.2. The number of nitrogens with zero attached hydrogens (tertiary/aromatic N) is 8. The molecule has 0 radical (unpaired) electrons. The van der Waals surface area contributed by atoms with Gasteiger partial charge < -0.3 is 0 Å². The highest BCUT2D eigenvalue weighted by atomic mass is 15.0. The quantitative estimate of drug-likeness (QED) is 0.141. The summed E-state index contributed by atoms with van der Waals surface area (Å²) in [5, 5.41) is 2.29. The number of benzene rings is 8. The van der Waals surface area contributed by atoms with Gasteiger partial charge in [-0.3, -0.25) is 0 Å². The zero-order valence-corrected chi connectivity index (χ0v) is 36.2. The highest BCUT2D eigenvalue weighted by Crippen LogP contribution is 2.36. The molecule has 11 aromatic rings. The van der Waals surface area contributed by atoms with Crippen LogP contribution < -0.4 is 0 Å². The van der Waals surface area contributed by atoms with Crippen LogP contribution >= 0.6 is 0 Å². The van der Waals surface area contributed by atoms with E-state index in [0.717, 1.165) is 89.2 Å². The molecule has 0 N–H and O–H groups in total. The van der Waals surface area contributed by atoms with Crippen molar-refractivity contribution in [3.8, 4) is 102 Å². The summed E-state index contributed by atoms with van der Waals surface area (Å²) in [4.78, 5) is 39.5. The van der Waals surface area contributed by atoms with Crippen LogP contribution in [0.3, 0.4) is 0 Å². The SMILES string of the molecule is Cc1cc(-c2cc(-c3ccc(-c4nc(-c5ccccc5)nc(-c5ccccc5)n4)cc3)cc(-c3cccc(-c4nc(-c5ccccc5)nc(-c5ccc6ccccc6c5)n4)c3)c2)nc(C)n1. The van der Waals surface area contributed by atoms with Gasteiger partial charge in [0.2, 0.25) is 0 Å². The summed E-state index contributed by atoms with van der Waals surface area (Å²) >= 11 is 0. The van der Waals surface area contributed by atoms with E-state index in [2.05, 4.69) is 114 Å². The number of hydrogen-bond donors (Lipinski definition) is 0. The van der Waals surface area contributed by atoms with Crippen LogP contribution in [-0.4, -0.2) is 39.9 Å².